The molecule has 114 valence electrons. The Morgan fingerprint density at radius 3 is 2.57 bits per heavy atom. The van der Waals surface area contributed by atoms with Gasteiger partial charge in [-0.25, -0.2) is 9.89 Å². The summed E-state index contributed by atoms with van der Waals surface area (Å²) in [6.07, 6.45) is 3.20. The predicted molar refractivity (Wildman–Crippen MR) is 71.1 cm³/mol. The van der Waals surface area contributed by atoms with Crippen LogP contribution in [0.4, 0.5) is 0 Å². The van der Waals surface area contributed by atoms with Crippen LogP contribution in [0.15, 0.2) is 9.21 Å². The molecular formula is C13H18N4O4. The lowest BCUT2D eigenvalue weighted by Crippen LogP contribution is -2.44. The van der Waals surface area contributed by atoms with E-state index in [4.69, 9.17) is 4.42 Å². The minimum Gasteiger partial charge on any atom is -0.391 e. The summed E-state index contributed by atoms with van der Waals surface area (Å²) in [6.45, 7) is 1.56. The van der Waals surface area contributed by atoms with Gasteiger partial charge < -0.3 is 14.2 Å². The zero-order valence-electron chi connectivity index (χ0n) is 11.9. The minimum atomic E-state index is -0.893. The van der Waals surface area contributed by atoms with Gasteiger partial charge in [0.2, 0.25) is 17.7 Å². The summed E-state index contributed by atoms with van der Waals surface area (Å²) >= 11 is 0. The van der Waals surface area contributed by atoms with Crippen LogP contribution in [0.5, 0.6) is 0 Å². The number of hydrogen-bond acceptors (Lipinski definition) is 5. The molecule has 0 spiro atoms. The van der Waals surface area contributed by atoms with Gasteiger partial charge >= 0.3 is 5.76 Å². The first kappa shape index (κ1) is 13.8. The van der Waals surface area contributed by atoms with Gasteiger partial charge in [-0.3, -0.25) is 9.59 Å². The number of aromatic nitrogens is 2. The molecule has 3 rings (SSSR count). The Bertz CT molecular complexity index is 610. The lowest BCUT2D eigenvalue weighted by Gasteiger charge is -2.25. The molecule has 2 aliphatic rings. The maximum Gasteiger partial charge on any atom is 0.434 e. The summed E-state index contributed by atoms with van der Waals surface area (Å²) in [5.41, 5.74) is -0.893. The highest BCUT2D eigenvalue weighted by Gasteiger charge is 2.59. The number of likely N-dealkylation sites (tertiary alicyclic amines) is 1. The third-order valence-electron chi connectivity index (χ3n) is 4.16. The maximum absolute atomic E-state index is 12.6. The van der Waals surface area contributed by atoms with Gasteiger partial charge in [-0.2, -0.15) is 0 Å². The molecule has 8 heteroatoms. The van der Waals surface area contributed by atoms with E-state index in [1.165, 1.54) is 4.90 Å². The molecule has 1 aliphatic carbocycles. The minimum absolute atomic E-state index is 0.0552. The molecule has 0 radical (unpaired) electrons. The molecule has 0 aromatic carbocycles. The standard InChI is InChI=1S/C13H18N4O4/c1-16(8-9-14-15-12(20)21-9)10(18)13(4-5-13)11(19)17-6-2-3-7-17/h2-8H2,1H3,(H,15,20). The van der Waals surface area contributed by atoms with Crippen LogP contribution in [0.3, 0.4) is 0 Å². The highest BCUT2D eigenvalue weighted by Crippen LogP contribution is 2.49. The fourth-order valence-electron chi connectivity index (χ4n) is 2.84. The number of carbonyl (C=O) groups excluding carboxylic acids is 2. The van der Waals surface area contributed by atoms with Crippen LogP contribution in [0.2, 0.25) is 0 Å². The summed E-state index contributed by atoms with van der Waals surface area (Å²) in [5, 5.41) is 5.82. The first-order valence-electron chi connectivity index (χ1n) is 7.12. The van der Waals surface area contributed by atoms with Crippen molar-refractivity contribution in [1.82, 2.24) is 20.0 Å². The van der Waals surface area contributed by atoms with E-state index >= 15 is 0 Å². The SMILES string of the molecule is CN(Cc1n[nH]c(=O)o1)C(=O)C1(C(=O)N2CCCC2)CC1. The van der Waals surface area contributed by atoms with Crippen molar-refractivity contribution in [2.45, 2.75) is 32.2 Å². The number of nitrogens with one attached hydrogen (secondary N) is 1. The third-order valence-corrected chi connectivity index (χ3v) is 4.16. The lowest BCUT2D eigenvalue weighted by atomic mass is 10.0. The first-order chi connectivity index (χ1) is 10.0. The number of carbonyl (C=O) groups is 2. The quantitative estimate of drug-likeness (QED) is 0.770. The average molecular weight is 294 g/mol. The fourth-order valence-corrected chi connectivity index (χ4v) is 2.84. The van der Waals surface area contributed by atoms with Gasteiger partial charge in [0.1, 0.15) is 5.41 Å². The van der Waals surface area contributed by atoms with Crippen molar-refractivity contribution in [2.24, 2.45) is 5.41 Å². The largest absolute Gasteiger partial charge is 0.434 e. The van der Waals surface area contributed by atoms with E-state index in [-0.39, 0.29) is 24.2 Å². The second-order valence-electron chi connectivity index (χ2n) is 5.75. The van der Waals surface area contributed by atoms with Crippen molar-refractivity contribution >= 4 is 11.8 Å². The van der Waals surface area contributed by atoms with Crippen LogP contribution in [0.25, 0.3) is 0 Å². The first-order valence-corrected chi connectivity index (χ1v) is 7.12. The van der Waals surface area contributed by atoms with Gasteiger partial charge in [0.05, 0.1) is 6.54 Å². The molecule has 0 unspecified atom stereocenters. The third kappa shape index (κ3) is 2.45. The number of nitrogens with zero attached hydrogens (tertiary/aromatic N) is 3. The van der Waals surface area contributed by atoms with E-state index in [0.717, 1.165) is 25.9 Å². The van der Waals surface area contributed by atoms with Crippen LogP contribution in [-0.4, -0.2) is 51.9 Å². The molecular weight excluding hydrogens is 276 g/mol. The topological polar surface area (TPSA) is 99.5 Å². The van der Waals surface area contributed by atoms with Gasteiger partial charge in [0, 0.05) is 20.1 Å². The lowest BCUT2D eigenvalue weighted by molar-refractivity contribution is -0.148. The van der Waals surface area contributed by atoms with Crippen LogP contribution in [0.1, 0.15) is 31.6 Å². The summed E-state index contributed by atoms with van der Waals surface area (Å²) in [7, 11) is 1.59. The van der Waals surface area contributed by atoms with Gasteiger partial charge in [0.25, 0.3) is 0 Å². The van der Waals surface area contributed by atoms with Crippen LogP contribution >= 0.6 is 0 Å². The Morgan fingerprint density at radius 2 is 2.05 bits per heavy atom. The summed E-state index contributed by atoms with van der Waals surface area (Å²) in [6, 6.07) is 0. The van der Waals surface area contributed by atoms with E-state index in [2.05, 4.69) is 10.2 Å². The zero-order chi connectivity index (χ0) is 15.0. The van der Waals surface area contributed by atoms with Crippen LogP contribution < -0.4 is 5.76 Å². The van der Waals surface area contributed by atoms with Crippen molar-refractivity contribution in [3.05, 3.63) is 16.4 Å². The van der Waals surface area contributed by atoms with Gasteiger partial charge in [0.15, 0.2) is 0 Å². The van der Waals surface area contributed by atoms with Gasteiger partial charge in [-0.1, -0.05) is 0 Å². The van der Waals surface area contributed by atoms with E-state index in [9.17, 15) is 14.4 Å². The van der Waals surface area contributed by atoms with Crippen LogP contribution in [0, 0.1) is 5.41 Å². The molecule has 1 aromatic rings. The zero-order valence-corrected chi connectivity index (χ0v) is 11.9. The van der Waals surface area contributed by atoms with Crippen molar-refractivity contribution in [3.8, 4) is 0 Å². The Labute approximate surface area is 121 Å². The van der Waals surface area contributed by atoms with Gasteiger partial charge in [-0.15, -0.1) is 5.10 Å². The smallest absolute Gasteiger partial charge is 0.391 e. The maximum atomic E-state index is 12.6. The molecule has 2 heterocycles. The molecule has 1 saturated heterocycles. The average Bonchev–Trinajstić information content (AvgIpc) is 2.89. The Kier molecular flexibility index (Phi) is 3.30. The van der Waals surface area contributed by atoms with E-state index in [0.29, 0.717) is 12.8 Å². The summed E-state index contributed by atoms with van der Waals surface area (Å²) in [5.74, 6) is -0.786. The van der Waals surface area contributed by atoms with E-state index < -0.39 is 11.2 Å². The molecule has 1 N–H and O–H groups in total. The molecule has 1 aromatic heterocycles. The highest BCUT2D eigenvalue weighted by molar-refractivity contribution is 6.07. The molecule has 1 saturated carbocycles. The molecule has 21 heavy (non-hydrogen) atoms. The highest BCUT2D eigenvalue weighted by atomic mass is 16.4. The Morgan fingerprint density at radius 1 is 1.38 bits per heavy atom. The molecule has 2 fully saturated rings. The monoisotopic (exact) mass is 294 g/mol. The Balaban J connectivity index is 1.68. The molecule has 0 bridgehead atoms. The van der Waals surface area contributed by atoms with E-state index in [1.54, 1.807) is 11.9 Å². The number of H-pyrrole nitrogens is 1. The van der Waals surface area contributed by atoms with Crippen LogP contribution in [-0.2, 0) is 16.1 Å². The second kappa shape index (κ2) is 5.01. The molecule has 8 nitrogen and oxygen atoms in total. The number of aromatic amines is 1. The number of rotatable bonds is 4. The van der Waals surface area contributed by atoms with Crippen molar-refractivity contribution in [2.75, 3.05) is 20.1 Å². The Hall–Kier alpha value is -2.12. The van der Waals surface area contributed by atoms with Crippen molar-refractivity contribution in [3.63, 3.8) is 0 Å². The fraction of sp³-hybridized carbons (Fsp3) is 0.692. The summed E-state index contributed by atoms with van der Waals surface area (Å²) in [4.78, 5) is 39.1. The second-order valence-corrected chi connectivity index (χ2v) is 5.75. The van der Waals surface area contributed by atoms with E-state index in [1.807, 2.05) is 0 Å². The normalized spacial score (nSPS) is 19.6. The predicted octanol–water partition coefficient (Wildman–Crippen LogP) is -0.276. The number of amides is 2. The number of hydrogen-bond donors (Lipinski definition) is 1. The van der Waals surface area contributed by atoms with Gasteiger partial charge in [-0.05, 0) is 25.7 Å². The molecule has 0 atom stereocenters. The summed E-state index contributed by atoms with van der Waals surface area (Å²) < 4.78 is 4.79. The molecule has 1 aliphatic heterocycles. The van der Waals surface area contributed by atoms with Crippen molar-refractivity contribution < 1.29 is 14.0 Å². The molecule has 2 amide bonds. The van der Waals surface area contributed by atoms with Crippen molar-refractivity contribution in [1.29, 1.82) is 0 Å².